The van der Waals surface area contributed by atoms with Crippen molar-refractivity contribution in [3.8, 4) is 5.75 Å². The van der Waals surface area contributed by atoms with Crippen LogP contribution in [0.3, 0.4) is 0 Å². The van der Waals surface area contributed by atoms with Crippen LogP contribution in [0.15, 0.2) is 24.3 Å². The Kier molecular flexibility index (Phi) is 5.11. The van der Waals surface area contributed by atoms with Crippen LogP contribution >= 0.6 is 0 Å². The molecule has 0 saturated carbocycles. The lowest BCUT2D eigenvalue weighted by Crippen LogP contribution is -2.52. The number of ether oxygens (including phenoxy) is 2. The molecule has 3 rings (SSSR count). The first-order valence-corrected chi connectivity index (χ1v) is 9.05. The largest absolute Gasteiger partial charge is 0.474 e. The number of hydrogen-bond donors (Lipinski definition) is 1. The molecule has 1 N–H and O–H groups in total. The Hall–Kier alpha value is -1.15. The van der Waals surface area contributed by atoms with Gasteiger partial charge >= 0.3 is 0 Å². The third kappa shape index (κ3) is 4.19. The van der Waals surface area contributed by atoms with Crippen molar-refractivity contribution in [2.24, 2.45) is 0 Å². The molecule has 0 bridgehead atoms. The Labute approximate surface area is 131 Å². The molecule has 22 heavy (non-hydrogen) atoms. The lowest BCUT2D eigenvalue weighted by atomic mass is 9.83. The van der Waals surface area contributed by atoms with Gasteiger partial charge in [0.2, 0.25) is 0 Å². The Morgan fingerprint density at radius 2 is 1.77 bits per heavy atom. The Morgan fingerprint density at radius 3 is 2.32 bits per heavy atom. The highest BCUT2D eigenvalue weighted by molar-refractivity contribution is 7.85. The van der Waals surface area contributed by atoms with Crippen LogP contribution in [0.1, 0.15) is 19.4 Å². The molecular weight excluding hydrogens is 306 g/mol. The van der Waals surface area contributed by atoms with Crippen LogP contribution in [-0.4, -0.2) is 56.7 Å². The molecular formula is C15H23NO5S. The third-order valence-electron chi connectivity index (χ3n) is 3.81. The third-order valence-corrected chi connectivity index (χ3v) is 3.81. The van der Waals surface area contributed by atoms with E-state index in [1.165, 1.54) is 5.56 Å². The summed E-state index contributed by atoms with van der Waals surface area (Å²) in [5.41, 5.74) is 1.37. The number of hydrogen-bond acceptors (Lipinski definition) is 5. The van der Waals surface area contributed by atoms with Crippen LogP contribution in [-0.2, 0) is 20.3 Å². The van der Waals surface area contributed by atoms with Crippen molar-refractivity contribution in [2.75, 3.05) is 32.6 Å². The lowest BCUT2D eigenvalue weighted by molar-refractivity contribution is -0.0612. The van der Waals surface area contributed by atoms with E-state index in [0.717, 1.165) is 32.1 Å². The first kappa shape index (κ1) is 17.2. The highest BCUT2D eigenvalue weighted by atomic mass is 32.2. The molecule has 6 nitrogen and oxygen atoms in total. The molecule has 1 atom stereocenters. The summed E-state index contributed by atoms with van der Waals surface area (Å²) in [6.45, 7) is 8.07. The number of morpholine rings is 1. The Morgan fingerprint density at radius 1 is 1.23 bits per heavy atom. The maximum absolute atomic E-state index is 9.19. The minimum Gasteiger partial charge on any atom is -0.474 e. The molecule has 0 amide bonds. The second-order valence-electron chi connectivity index (χ2n) is 6.07. The van der Waals surface area contributed by atoms with E-state index in [4.69, 9.17) is 14.0 Å². The normalized spacial score (nSPS) is 23.9. The van der Waals surface area contributed by atoms with Crippen LogP contribution in [0.4, 0.5) is 0 Å². The molecule has 0 aliphatic carbocycles. The highest BCUT2D eigenvalue weighted by Gasteiger charge is 2.44. The maximum atomic E-state index is 9.19. The maximum Gasteiger partial charge on any atom is 0.261 e. The van der Waals surface area contributed by atoms with Crippen LogP contribution in [0.25, 0.3) is 0 Å². The molecule has 1 unspecified atom stereocenters. The minimum atomic E-state index is -3.67. The van der Waals surface area contributed by atoms with Crippen LogP contribution in [0, 0.1) is 0 Å². The first-order chi connectivity index (χ1) is 10.2. The van der Waals surface area contributed by atoms with Gasteiger partial charge in [0.05, 0.1) is 19.5 Å². The molecule has 0 spiro atoms. The summed E-state index contributed by atoms with van der Waals surface area (Å²) in [6, 6.07) is 8.37. The van der Waals surface area contributed by atoms with Crippen molar-refractivity contribution in [1.29, 1.82) is 0 Å². The zero-order chi connectivity index (χ0) is 16.4. The highest BCUT2D eigenvalue weighted by Crippen LogP contribution is 2.43. The summed E-state index contributed by atoms with van der Waals surface area (Å²) in [6.07, 6.45) is 0.858. The van der Waals surface area contributed by atoms with Gasteiger partial charge in [0.1, 0.15) is 5.75 Å². The van der Waals surface area contributed by atoms with Gasteiger partial charge in [-0.1, -0.05) is 32.0 Å². The first-order valence-electron chi connectivity index (χ1n) is 7.20. The number of nitrogens with zero attached hydrogens (tertiary/aromatic N) is 1. The van der Waals surface area contributed by atoms with Gasteiger partial charge in [-0.2, -0.15) is 8.42 Å². The summed E-state index contributed by atoms with van der Waals surface area (Å²) in [4.78, 5) is 2.39. The Bertz CT molecular complexity index is 600. The van der Waals surface area contributed by atoms with Crippen molar-refractivity contribution >= 4 is 10.1 Å². The smallest absolute Gasteiger partial charge is 0.261 e. The number of benzene rings is 1. The van der Waals surface area contributed by atoms with Gasteiger partial charge in [0.15, 0.2) is 6.23 Å². The van der Waals surface area contributed by atoms with Crippen molar-refractivity contribution in [1.82, 2.24) is 4.90 Å². The lowest BCUT2D eigenvalue weighted by Gasteiger charge is -2.38. The molecule has 2 heterocycles. The van der Waals surface area contributed by atoms with Crippen LogP contribution < -0.4 is 4.74 Å². The molecule has 0 aromatic heterocycles. The summed E-state index contributed by atoms with van der Waals surface area (Å²) < 4.78 is 37.4. The second-order valence-corrected chi connectivity index (χ2v) is 7.54. The molecule has 1 saturated heterocycles. The molecule has 7 heteroatoms. The molecule has 1 aromatic rings. The average molecular weight is 329 g/mol. The molecule has 2 aliphatic rings. The van der Waals surface area contributed by atoms with Crippen molar-refractivity contribution in [2.45, 2.75) is 25.5 Å². The van der Waals surface area contributed by atoms with Crippen molar-refractivity contribution in [3.63, 3.8) is 0 Å². The predicted molar refractivity (Wildman–Crippen MR) is 83.7 cm³/mol. The van der Waals surface area contributed by atoms with Gasteiger partial charge in [-0.3, -0.25) is 9.45 Å². The summed E-state index contributed by atoms with van der Waals surface area (Å²) in [5, 5.41) is 0. The van der Waals surface area contributed by atoms with Gasteiger partial charge in [-0.25, -0.2) is 0 Å². The standard InChI is InChI=1S/C14H19NO2.CH4O3S/c1-14(2)11-5-3-4-6-12(11)17-13(14)15-7-9-16-10-8-15;1-5(2,3)4/h3-6,13H,7-10H2,1-2H3;1H3,(H,2,3,4). The second kappa shape index (κ2) is 6.54. The van der Waals surface area contributed by atoms with E-state index < -0.39 is 10.1 Å². The summed E-state index contributed by atoms with van der Waals surface area (Å²) in [7, 11) is -3.67. The Balaban J connectivity index is 0.000000309. The van der Waals surface area contributed by atoms with Crippen molar-refractivity contribution < 1.29 is 22.4 Å². The van der Waals surface area contributed by atoms with E-state index in [0.29, 0.717) is 6.26 Å². The summed E-state index contributed by atoms with van der Waals surface area (Å²) >= 11 is 0. The molecule has 0 radical (unpaired) electrons. The topological polar surface area (TPSA) is 76.1 Å². The van der Waals surface area contributed by atoms with E-state index in [1.807, 2.05) is 6.07 Å². The monoisotopic (exact) mass is 329 g/mol. The summed E-state index contributed by atoms with van der Waals surface area (Å²) in [5.74, 6) is 1.04. The van der Waals surface area contributed by atoms with Gasteiger partial charge in [0, 0.05) is 24.1 Å². The van der Waals surface area contributed by atoms with E-state index in [1.54, 1.807) is 0 Å². The van der Waals surface area contributed by atoms with Gasteiger partial charge in [-0.15, -0.1) is 0 Å². The van der Waals surface area contributed by atoms with E-state index in [9.17, 15) is 8.42 Å². The predicted octanol–water partition coefficient (Wildman–Crippen LogP) is 1.52. The minimum absolute atomic E-state index is 0.0495. The van der Waals surface area contributed by atoms with Crippen LogP contribution in [0.2, 0.25) is 0 Å². The zero-order valence-electron chi connectivity index (χ0n) is 13.2. The molecule has 1 fully saturated rings. The number of rotatable bonds is 1. The fourth-order valence-corrected chi connectivity index (χ4v) is 2.85. The molecule has 2 aliphatic heterocycles. The number of fused-ring (bicyclic) bond motifs is 1. The quantitative estimate of drug-likeness (QED) is 0.787. The zero-order valence-corrected chi connectivity index (χ0v) is 14.0. The number of para-hydroxylation sites is 1. The SMILES string of the molecule is CC1(C)c2ccccc2OC1N1CCOCC1.CS(=O)(=O)O. The fraction of sp³-hybridized carbons (Fsp3) is 0.600. The molecule has 124 valence electrons. The van der Waals surface area contributed by atoms with E-state index in [-0.39, 0.29) is 11.6 Å². The van der Waals surface area contributed by atoms with E-state index in [2.05, 4.69) is 36.9 Å². The molecule has 1 aromatic carbocycles. The van der Waals surface area contributed by atoms with E-state index >= 15 is 0 Å². The van der Waals surface area contributed by atoms with Gasteiger partial charge in [-0.05, 0) is 6.07 Å². The van der Waals surface area contributed by atoms with Crippen molar-refractivity contribution in [3.05, 3.63) is 29.8 Å². The fourth-order valence-electron chi connectivity index (χ4n) is 2.85. The van der Waals surface area contributed by atoms with Crippen LogP contribution in [0.5, 0.6) is 5.75 Å². The average Bonchev–Trinajstić information content (AvgIpc) is 2.70. The van der Waals surface area contributed by atoms with Gasteiger partial charge < -0.3 is 9.47 Å². The van der Waals surface area contributed by atoms with Gasteiger partial charge in [0.25, 0.3) is 10.1 Å².